The van der Waals surface area contributed by atoms with E-state index in [2.05, 4.69) is 10.3 Å². The van der Waals surface area contributed by atoms with Crippen molar-refractivity contribution in [3.8, 4) is 5.75 Å². The van der Waals surface area contributed by atoms with E-state index in [0.29, 0.717) is 36.8 Å². The van der Waals surface area contributed by atoms with Crippen molar-refractivity contribution in [2.75, 3.05) is 25.5 Å². The van der Waals surface area contributed by atoms with Crippen molar-refractivity contribution in [3.05, 3.63) is 35.8 Å². The van der Waals surface area contributed by atoms with E-state index in [0.717, 1.165) is 0 Å². The lowest BCUT2D eigenvalue weighted by Crippen LogP contribution is -2.41. The Hall–Kier alpha value is -1.97. The van der Waals surface area contributed by atoms with Crippen molar-refractivity contribution in [2.45, 2.75) is 17.7 Å². The second-order valence-electron chi connectivity index (χ2n) is 5.66. The third-order valence-corrected chi connectivity index (χ3v) is 6.80. The first-order valence-electron chi connectivity index (χ1n) is 7.86. The molecule has 2 aromatic rings. The van der Waals surface area contributed by atoms with Gasteiger partial charge in [0.05, 0.1) is 7.11 Å². The number of anilines is 1. The summed E-state index contributed by atoms with van der Waals surface area (Å²) >= 11 is 1.36. The summed E-state index contributed by atoms with van der Waals surface area (Å²) in [4.78, 5) is 16.4. The molecule has 9 heteroatoms. The van der Waals surface area contributed by atoms with Gasteiger partial charge in [0.25, 0.3) is 0 Å². The first-order valence-corrected chi connectivity index (χ1v) is 10.2. The number of piperidine rings is 1. The summed E-state index contributed by atoms with van der Waals surface area (Å²) in [5.41, 5.74) is 0. The topological polar surface area (TPSA) is 88.6 Å². The first-order chi connectivity index (χ1) is 12.0. The molecule has 0 spiro atoms. The van der Waals surface area contributed by atoms with E-state index in [1.165, 1.54) is 28.8 Å². The number of carbonyl (C=O) groups is 1. The number of amides is 1. The van der Waals surface area contributed by atoms with Gasteiger partial charge < -0.3 is 10.1 Å². The Morgan fingerprint density at radius 1 is 1.32 bits per heavy atom. The zero-order valence-electron chi connectivity index (χ0n) is 13.7. The number of benzene rings is 1. The van der Waals surface area contributed by atoms with Gasteiger partial charge in [0.2, 0.25) is 15.9 Å². The van der Waals surface area contributed by atoms with Gasteiger partial charge >= 0.3 is 0 Å². The number of sulfonamides is 1. The minimum Gasteiger partial charge on any atom is -0.495 e. The van der Waals surface area contributed by atoms with Crippen LogP contribution < -0.4 is 10.1 Å². The molecule has 1 aromatic carbocycles. The number of hydrogen-bond donors (Lipinski definition) is 1. The minimum absolute atomic E-state index is 0.107. The molecule has 0 radical (unpaired) electrons. The number of aromatic nitrogens is 1. The molecule has 0 aliphatic carbocycles. The Bertz CT molecular complexity index is 829. The third kappa shape index (κ3) is 3.83. The Morgan fingerprint density at radius 3 is 2.68 bits per heavy atom. The van der Waals surface area contributed by atoms with Crippen LogP contribution in [0.5, 0.6) is 5.75 Å². The number of carbonyl (C=O) groups excluding carboxylic acids is 1. The molecule has 1 aliphatic heterocycles. The molecule has 1 N–H and O–H groups in total. The molecule has 0 saturated carbocycles. The van der Waals surface area contributed by atoms with Crippen molar-refractivity contribution in [1.82, 2.24) is 9.29 Å². The Balaban J connectivity index is 1.66. The fourth-order valence-corrected chi connectivity index (χ4v) is 4.98. The van der Waals surface area contributed by atoms with Crippen LogP contribution in [0, 0.1) is 5.92 Å². The summed E-state index contributed by atoms with van der Waals surface area (Å²) in [5, 5.41) is 5.13. The van der Waals surface area contributed by atoms with Gasteiger partial charge in [0, 0.05) is 30.6 Å². The van der Waals surface area contributed by atoms with Crippen LogP contribution in [0.4, 0.5) is 5.13 Å². The monoisotopic (exact) mass is 381 g/mol. The number of nitrogens with zero attached hydrogens (tertiary/aromatic N) is 2. The molecule has 3 rings (SSSR count). The number of thiazole rings is 1. The Kier molecular flexibility index (Phi) is 5.36. The van der Waals surface area contributed by atoms with Crippen LogP contribution in [0.15, 0.2) is 40.7 Å². The van der Waals surface area contributed by atoms with E-state index >= 15 is 0 Å². The van der Waals surface area contributed by atoms with Gasteiger partial charge in [0.1, 0.15) is 10.6 Å². The number of nitrogens with one attached hydrogen (secondary N) is 1. The Labute approximate surface area is 150 Å². The van der Waals surface area contributed by atoms with Crippen molar-refractivity contribution in [3.63, 3.8) is 0 Å². The Morgan fingerprint density at radius 2 is 2.04 bits per heavy atom. The standard InChI is InChI=1S/C16H19N3O4S2/c1-23-13-4-2-3-5-14(13)25(21,22)19-9-6-12(7-10-19)15(20)18-16-17-8-11-24-16/h2-5,8,11-12H,6-7,9-10H2,1H3,(H,17,18,20). The molecule has 0 bridgehead atoms. The molecule has 25 heavy (non-hydrogen) atoms. The quantitative estimate of drug-likeness (QED) is 0.858. The number of hydrogen-bond acceptors (Lipinski definition) is 6. The van der Waals surface area contributed by atoms with Gasteiger partial charge in [-0.25, -0.2) is 13.4 Å². The second-order valence-corrected chi connectivity index (χ2v) is 8.46. The summed E-state index contributed by atoms with van der Waals surface area (Å²) in [6, 6.07) is 6.56. The molecule has 0 atom stereocenters. The highest BCUT2D eigenvalue weighted by molar-refractivity contribution is 7.89. The molecule has 1 aliphatic rings. The molecule has 1 saturated heterocycles. The fraction of sp³-hybridized carbons (Fsp3) is 0.375. The predicted molar refractivity (Wildman–Crippen MR) is 95.2 cm³/mol. The van der Waals surface area contributed by atoms with E-state index in [-0.39, 0.29) is 16.7 Å². The lowest BCUT2D eigenvalue weighted by Gasteiger charge is -2.30. The number of methoxy groups -OCH3 is 1. The minimum atomic E-state index is -3.64. The maximum atomic E-state index is 12.8. The smallest absolute Gasteiger partial charge is 0.246 e. The predicted octanol–water partition coefficient (Wildman–Crippen LogP) is 2.19. The van der Waals surface area contributed by atoms with Crippen LogP contribution in [0.2, 0.25) is 0 Å². The van der Waals surface area contributed by atoms with Crippen LogP contribution in [0.1, 0.15) is 12.8 Å². The SMILES string of the molecule is COc1ccccc1S(=O)(=O)N1CCC(C(=O)Nc2nccs2)CC1. The number of rotatable bonds is 5. The van der Waals surface area contributed by atoms with Gasteiger partial charge in [-0.2, -0.15) is 4.31 Å². The van der Waals surface area contributed by atoms with Crippen molar-refractivity contribution < 1.29 is 17.9 Å². The lowest BCUT2D eigenvalue weighted by atomic mass is 9.97. The van der Waals surface area contributed by atoms with Gasteiger partial charge in [-0.1, -0.05) is 12.1 Å². The lowest BCUT2D eigenvalue weighted by molar-refractivity contribution is -0.120. The zero-order valence-corrected chi connectivity index (χ0v) is 15.3. The van der Waals surface area contributed by atoms with E-state index in [4.69, 9.17) is 4.74 Å². The summed E-state index contributed by atoms with van der Waals surface area (Å²) in [7, 11) is -2.19. The van der Waals surface area contributed by atoms with Gasteiger partial charge in [-0.3, -0.25) is 4.79 Å². The highest BCUT2D eigenvalue weighted by Gasteiger charge is 2.33. The van der Waals surface area contributed by atoms with Gasteiger partial charge in [0.15, 0.2) is 5.13 Å². The summed E-state index contributed by atoms with van der Waals surface area (Å²) in [5.74, 6) is 0.00319. The molecular weight excluding hydrogens is 362 g/mol. The largest absolute Gasteiger partial charge is 0.495 e. The highest BCUT2D eigenvalue weighted by Crippen LogP contribution is 2.29. The van der Waals surface area contributed by atoms with Crippen molar-refractivity contribution in [2.24, 2.45) is 5.92 Å². The second kappa shape index (κ2) is 7.51. The van der Waals surface area contributed by atoms with Crippen molar-refractivity contribution in [1.29, 1.82) is 0 Å². The van der Waals surface area contributed by atoms with Gasteiger partial charge in [-0.05, 0) is 25.0 Å². The summed E-state index contributed by atoms with van der Waals surface area (Å²) < 4.78 is 32.3. The molecule has 1 aromatic heterocycles. The number of para-hydroxylation sites is 1. The van der Waals surface area contributed by atoms with Gasteiger partial charge in [-0.15, -0.1) is 11.3 Å². The molecule has 0 unspecified atom stereocenters. The highest BCUT2D eigenvalue weighted by atomic mass is 32.2. The molecule has 1 fully saturated rings. The average molecular weight is 381 g/mol. The van der Waals surface area contributed by atoms with Crippen LogP contribution in [-0.4, -0.2) is 43.8 Å². The molecule has 2 heterocycles. The number of ether oxygens (including phenoxy) is 1. The van der Waals surface area contributed by atoms with E-state index in [1.54, 1.807) is 29.8 Å². The summed E-state index contributed by atoms with van der Waals surface area (Å²) in [6.45, 7) is 0.604. The molecule has 1 amide bonds. The summed E-state index contributed by atoms with van der Waals surface area (Å²) in [6.07, 6.45) is 2.58. The maximum Gasteiger partial charge on any atom is 0.246 e. The van der Waals surface area contributed by atoms with E-state index in [1.807, 2.05) is 0 Å². The molecular formula is C16H19N3O4S2. The third-order valence-electron chi connectivity index (χ3n) is 4.17. The average Bonchev–Trinajstić information content (AvgIpc) is 3.14. The molecule has 7 nitrogen and oxygen atoms in total. The zero-order chi connectivity index (χ0) is 17.9. The van der Waals surface area contributed by atoms with E-state index < -0.39 is 10.0 Å². The fourth-order valence-electron chi connectivity index (χ4n) is 2.82. The van der Waals surface area contributed by atoms with E-state index in [9.17, 15) is 13.2 Å². The van der Waals surface area contributed by atoms with Crippen LogP contribution >= 0.6 is 11.3 Å². The maximum absolute atomic E-state index is 12.8. The molecule has 134 valence electrons. The van der Waals surface area contributed by atoms with Crippen LogP contribution in [0.3, 0.4) is 0 Å². The first kappa shape index (κ1) is 17.8. The van der Waals surface area contributed by atoms with Crippen LogP contribution in [-0.2, 0) is 14.8 Å². The normalized spacial score (nSPS) is 16.5. The van der Waals surface area contributed by atoms with Crippen LogP contribution in [0.25, 0.3) is 0 Å². The van der Waals surface area contributed by atoms with Crippen molar-refractivity contribution >= 4 is 32.4 Å².